The van der Waals surface area contributed by atoms with E-state index >= 15 is 0 Å². The Morgan fingerprint density at radius 3 is 2.89 bits per heavy atom. The quantitative estimate of drug-likeness (QED) is 0.900. The molecule has 2 rings (SSSR count). The number of nitrogens with two attached hydrogens (primary N) is 1. The molecule has 1 heterocycles. The number of hydrogen-bond acceptors (Lipinski definition) is 4. The number of hydrogen-bond donors (Lipinski definition) is 1. The molecular weight excluding hydrogens is 244 g/mol. The average Bonchev–Trinajstić information content (AvgIpc) is 2.85. The number of benzene rings is 1. The second-order valence-electron chi connectivity index (χ2n) is 4.41. The maximum atomic E-state index is 5.61. The molecule has 2 aromatic rings. The first-order valence-corrected chi connectivity index (χ1v) is 6.92. The van der Waals surface area contributed by atoms with Gasteiger partial charge in [-0.3, -0.25) is 0 Å². The van der Waals surface area contributed by atoms with E-state index in [9.17, 15) is 0 Å². The molecule has 0 aliphatic carbocycles. The summed E-state index contributed by atoms with van der Waals surface area (Å²) in [5, 5.41) is 3.02. The zero-order chi connectivity index (χ0) is 13.0. The van der Waals surface area contributed by atoms with Gasteiger partial charge in [-0.2, -0.15) is 0 Å². The van der Waals surface area contributed by atoms with Crippen LogP contribution in [0.15, 0.2) is 29.6 Å². The van der Waals surface area contributed by atoms with Crippen molar-refractivity contribution >= 4 is 11.3 Å². The predicted octanol–water partition coefficient (Wildman–Crippen LogP) is 3.19. The molecule has 96 valence electrons. The van der Waals surface area contributed by atoms with Gasteiger partial charge in [0, 0.05) is 17.5 Å². The number of thiazole rings is 1. The van der Waals surface area contributed by atoms with Crippen LogP contribution in [0.1, 0.15) is 25.1 Å². The Kier molecular flexibility index (Phi) is 4.47. The van der Waals surface area contributed by atoms with Crippen LogP contribution in [0.3, 0.4) is 0 Å². The van der Waals surface area contributed by atoms with Crippen molar-refractivity contribution in [1.82, 2.24) is 4.98 Å². The highest BCUT2D eigenvalue weighted by Crippen LogP contribution is 2.24. The van der Waals surface area contributed by atoms with Crippen LogP contribution in [0.4, 0.5) is 0 Å². The van der Waals surface area contributed by atoms with Gasteiger partial charge >= 0.3 is 0 Å². The zero-order valence-corrected chi connectivity index (χ0v) is 11.5. The maximum Gasteiger partial charge on any atom is 0.123 e. The second-order valence-corrected chi connectivity index (χ2v) is 5.27. The van der Waals surface area contributed by atoms with E-state index in [0.29, 0.717) is 13.2 Å². The van der Waals surface area contributed by atoms with Gasteiger partial charge in [0.15, 0.2) is 0 Å². The molecule has 1 aromatic heterocycles. The minimum absolute atomic E-state index is 0.248. The Hall–Kier alpha value is -1.23. The summed E-state index contributed by atoms with van der Waals surface area (Å²) in [5.74, 6) is 0. The van der Waals surface area contributed by atoms with Gasteiger partial charge in [-0.05, 0) is 25.5 Å². The molecule has 1 aromatic carbocycles. The third-order valence-corrected chi connectivity index (χ3v) is 3.46. The highest BCUT2D eigenvalue weighted by molar-refractivity contribution is 7.13. The summed E-state index contributed by atoms with van der Waals surface area (Å²) in [5.41, 5.74) is 8.82. The van der Waals surface area contributed by atoms with E-state index in [2.05, 4.69) is 23.2 Å². The van der Waals surface area contributed by atoms with Gasteiger partial charge < -0.3 is 10.5 Å². The van der Waals surface area contributed by atoms with Crippen molar-refractivity contribution in [3.05, 3.63) is 40.9 Å². The molecule has 0 aliphatic heterocycles. The summed E-state index contributed by atoms with van der Waals surface area (Å²) in [6.07, 6.45) is 0.248. The summed E-state index contributed by atoms with van der Waals surface area (Å²) in [7, 11) is 0. The Bertz CT molecular complexity index is 508. The molecule has 0 unspecified atom stereocenters. The van der Waals surface area contributed by atoms with Crippen molar-refractivity contribution in [2.75, 3.05) is 0 Å². The minimum atomic E-state index is 0.248. The van der Waals surface area contributed by atoms with Crippen molar-refractivity contribution in [1.29, 1.82) is 0 Å². The van der Waals surface area contributed by atoms with Crippen LogP contribution in [0.2, 0.25) is 0 Å². The Balaban J connectivity index is 2.16. The second kappa shape index (κ2) is 6.09. The smallest absolute Gasteiger partial charge is 0.123 e. The van der Waals surface area contributed by atoms with Crippen LogP contribution >= 0.6 is 11.3 Å². The van der Waals surface area contributed by atoms with Crippen LogP contribution in [-0.4, -0.2) is 11.1 Å². The van der Waals surface area contributed by atoms with E-state index in [1.54, 1.807) is 11.3 Å². The van der Waals surface area contributed by atoms with Crippen LogP contribution in [0, 0.1) is 0 Å². The standard InChI is InChI=1S/C14H18N2OS/c1-10(2)17-8-11-4-3-5-12(6-11)14-16-13(7-15)9-18-14/h3-6,9-10H,7-8,15H2,1-2H3. The molecule has 0 spiro atoms. The monoisotopic (exact) mass is 262 g/mol. The summed E-state index contributed by atoms with van der Waals surface area (Å²) in [6.45, 7) is 5.21. The lowest BCUT2D eigenvalue weighted by Crippen LogP contribution is -2.02. The first-order valence-electron chi connectivity index (χ1n) is 6.04. The van der Waals surface area contributed by atoms with E-state index < -0.39 is 0 Å². The normalized spacial score (nSPS) is 11.1. The van der Waals surface area contributed by atoms with Crippen molar-refractivity contribution in [2.24, 2.45) is 5.73 Å². The molecule has 0 saturated heterocycles. The lowest BCUT2D eigenvalue weighted by molar-refractivity contribution is 0.0657. The topological polar surface area (TPSA) is 48.1 Å². The number of nitrogens with zero attached hydrogens (tertiary/aromatic N) is 1. The van der Waals surface area contributed by atoms with E-state index in [1.807, 2.05) is 25.3 Å². The fourth-order valence-corrected chi connectivity index (χ4v) is 2.42. The molecule has 0 aliphatic rings. The average molecular weight is 262 g/mol. The molecule has 0 fully saturated rings. The summed E-state index contributed by atoms with van der Waals surface area (Å²) in [4.78, 5) is 4.49. The van der Waals surface area contributed by atoms with Crippen molar-refractivity contribution in [3.8, 4) is 10.6 Å². The first-order chi connectivity index (χ1) is 8.69. The molecule has 4 heteroatoms. The van der Waals surface area contributed by atoms with Gasteiger partial charge in [-0.25, -0.2) is 4.98 Å². The largest absolute Gasteiger partial charge is 0.374 e. The molecular formula is C14H18N2OS. The molecule has 0 amide bonds. The van der Waals surface area contributed by atoms with Crippen molar-refractivity contribution in [2.45, 2.75) is 33.1 Å². The summed E-state index contributed by atoms with van der Waals surface area (Å²) >= 11 is 1.63. The minimum Gasteiger partial charge on any atom is -0.374 e. The van der Waals surface area contributed by atoms with Crippen LogP contribution in [-0.2, 0) is 17.9 Å². The molecule has 0 bridgehead atoms. The zero-order valence-electron chi connectivity index (χ0n) is 10.7. The van der Waals surface area contributed by atoms with Crippen LogP contribution in [0.5, 0.6) is 0 Å². The molecule has 0 saturated carbocycles. The Labute approximate surface area is 112 Å². The van der Waals surface area contributed by atoms with Crippen molar-refractivity contribution < 1.29 is 4.74 Å². The van der Waals surface area contributed by atoms with E-state index in [4.69, 9.17) is 10.5 Å². The number of aromatic nitrogens is 1. The predicted molar refractivity (Wildman–Crippen MR) is 75.4 cm³/mol. The fourth-order valence-electron chi connectivity index (χ4n) is 1.59. The van der Waals surface area contributed by atoms with Gasteiger partial charge in [0.05, 0.1) is 18.4 Å². The van der Waals surface area contributed by atoms with E-state index in [1.165, 1.54) is 5.56 Å². The van der Waals surface area contributed by atoms with Gasteiger partial charge in [0.25, 0.3) is 0 Å². The third-order valence-electron chi connectivity index (χ3n) is 2.52. The highest BCUT2D eigenvalue weighted by atomic mass is 32.1. The van der Waals surface area contributed by atoms with Gasteiger partial charge in [0.1, 0.15) is 5.01 Å². The van der Waals surface area contributed by atoms with Gasteiger partial charge in [0.2, 0.25) is 0 Å². The first kappa shape index (κ1) is 13.2. The van der Waals surface area contributed by atoms with Crippen molar-refractivity contribution in [3.63, 3.8) is 0 Å². The Morgan fingerprint density at radius 2 is 2.22 bits per heavy atom. The maximum absolute atomic E-state index is 5.61. The van der Waals surface area contributed by atoms with E-state index in [0.717, 1.165) is 16.3 Å². The summed E-state index contributed by atoms with van der Waals surface area (Å²) < 4.78 is 5.61. The third kappa shape index (κ3) is 3.38. The van der Waals surface area contributed by atoms with Crippen LogP contribution in [0.25, 0.3) is 10.6 Å². The molecule has 18 heavy (non-hydrogen) atoms. The van der Waals surface area contributed by atoms with E-state index in [-0.39, 0.29) is 6.10 Å². The fraction of sp³-hybridized carbons (Fsp3) is 0.357. The SMILES string of the molecule is CC(C)OCc1cccc(-c2nc(CN)cs2)c1. The Morgan fingerprint density at radius 1 is 1.39 bits per heavy atom. The van der Waals surface area contributed by atoms with Crippen LogP contribution < -0.4 is 5.73 Å². The van der Waals surface area contributed by atoms with Gasteiger partial charge in [-0.15, -0.1) is 11.3 Å². The summed E-state index contributed by atoms with van der Waals surface area (Å²) in [6, 6.07) is 8.31. The number of ether oxygens (including phenoxy) is 1. The van der Waals surface area contributed by atoms with Gasteiger partial charge in [-0.1, -0.05) is 18.2 Å². The number of rotatable bonds is 5. The lowest BCUT2D eigenvalue weighted by Gasteiger charge is -2.08. The molecule has 3 nitrogen and oxygen atoms in total. The molecule has 0 radical (unpaired) electrons. The molecule has 0 atom stereocenters. The lowest BCUT2D eigenvalue weighted by atomic mass is 10.1. The molecule has 2 N–H and O–H groups in total. The highest BCUT2D eigenvalue weighted by Gasteiger charge is 2.05.